The molecule has 66 valence electrons. The normalized spacial score (nSPS) is 40.6. The van der Waals surface area contributed by atoms with Crippen LogP contribution in [0.5, 0.6) is 0 Å². The average molecular weight is 171 g/mol. The van der Waals surface area contributed by atoms with Crippen LogP contribution in [-0.2, 0) is 0 Å². The van der Waals surface area contributed by atoms with Gasteiger partial charge >= 0.3 is 0 Å². The summed E-state index contributed by atoms with van der Waals surface area (Å²) >= 11 is 0. The highest BCUT2D eigenvalue weighted by molar-refractivity contribution is 5.10. The molecule has 0 aromatic carbocycles. The minimum atomic E-state index is -1.29. The van der Waals surface area contributed by atoms with Crippen molar-refractivity contribution >= 4 is 0 Å². The lowest BCUT2D eigenvalue weighted by Gasteiger charge is -2.27. The van der Waals surface area contributed by atoms with Crippen LogP contribution in [-0.4, -0.2) is 39.7 Å². The summed E-state index contributed by atoms with van der Waals surface area (Å²) in [6.45, 7) is 0. The third-order valence-electron chi connectivity index (χ3n) is 1.74. The fourth-order valence-electron chi connectivity index (χ4n) is 1.03. The van der Waals surface area contributed by atoms with Crippen molar-refractivity contribution < 1.29 is 15.3 Å². The highest BCUT2D eigenvalue weighted by atomic mass is 16.4. The number of hydrogen-bond acceptors (Lipinski definition) is 4. The first-order chi connectivity index (χ1) is 5.66. The Kier molecular flexibility index (Phi) is 2.67. The Morgan fingerprint density at radius 3 is 2.42 bits per heavy atom. The van der Waals surface area contributed by atoms with Crippen molar-refractivity contribution in [3.63, 3.8) is 0 Å². The number of rotatable bonds is 1. The molecule has 0 amide bonds. The zero-order valence-corrected chi connectivity index (χ0v) is 6.15. The van der Waals surface area contributed by atoms with Crippen LogP contribution in [0, 0.1) is 0 Å². The minimum absolute atomic E-state index is 0.798. The Bertz CT molecular complexity index is 236. The lowest BCUT2D eigenvalue weighted by atomic mass is 9.95. The first kappa shape index (κ1) is 9.02. The zero-order chi connectivity index (χ0) is 9.14. The van der Waals surface area contributed by atoms with E-state index >= 15 is 0 Å². The van der Waals surface area contributed by atoms with Crippen LogP contribution in [0.2, 0.25) is 0 Å². The van der Waals surface area contributed by atoms with E-state index in [1.165, 1.54) is 12.2 Å². The second kappa shape index (κ2) is 3.55. The summed E-state index contributed by atoms with van der Waals surface area (Å²) in [5, 5.41) is 30.5. The molecule has 0 saturated carbocycles. The van der Waals surface area contributed by atoms with Crippen molar-refractivity contribution in [2.75, 3.05) is 0 Å². The van der Waals surface area contributed by atoms with Gasteiger partial charge in [0.25, 0.3) is 0 Å². The van der Waals surface area contributed by atoms with Crippen LogP contribution < -0.4 is 0 Å². The number of azide groups is 1. The van der Waals surface area contributed by atoms with Crippen molar-refractivity contribution in [3.05, 3.63) is 22.6 Å². The second-order valence-corrected chi connectivity index (χ2v) is 2.55. The summed E-state index contributed by atoms with van der Waals surface area (Å²) in [5.74, 6) is 0. The van der Waals surface area contributed by atoms with Crippen LogP contribution >= 0.6 is 0 Å². The summed E-state index contributed by atoms with van der Waals surface area (Å²) in [6.07, 6.45) is -0.963. The van der Waals surface area contributed by atoms with Gasteiger partial charge in [-0.3, -0.25) is 0 Å². The molecule has 4 atom stereocenters. The maximum absolute atomic E-state index is 9.21. The van der Waals surface area contributed by atoms with Crippen molar-refractivity contribution in [1.29, 1.82) is 0 Å². The van der Waals surface area contributed by atoms with Crippen LogP contribution in [0.3, 0.4) is 0 Å². The van der Waals surface area contributed by atoms with E-state index in [-0.39, 0.29) is 0 Å². The fourth-order valence-corrected chi connectivity index (χ4v) is 1.03. The van der Waals surface area contributed by atoms with Gasteiger partial charge in [0, 0.05) is 4.91 Å². The minimum Gasteiger partial charge on any atom is -0.390 e. The largest absolute Gasteiger partial charge is 0.390 e. The van der Waals surface area contributed by atoms with E-state index < -0.39 is 24.4 Å². The molecule has 0 fully saturated rings. The van der Waals surface area contributed by atoms with E-state index in [0.29, 0.717) is 0 Å². The molecule has 0 aromatic rings. The molecule has 6 heteroatoms. The Morgan fingerprint density at radius 2 is 1.83 bits per heavy atom. The van der Waals surface area contributed by atoms with Crippen LogP contribution in [0.4, 0.5) is 0 Å². The summed E-state index contributed by atoms with van der Waals surface area (Å²) < 4.78 is 0. The smallest absolute Gasteiger partial charge is 0.110 e. The predicted molar refractivity (Wildman–Crippen MR) is 40.1 cm³/mol. The van der Waals surface area contributed by atoms with E-state index in [0.717, 1.165) is 0 Å². The summed E-state index contributed by atoms with van der Waals surface area (Å²) in [6, 6.07) is -0.798. The highest BCUT2D eigenvalue weighted by Crippen LogP contribution is 2.16. The average Bonchev–Trinajstić information content (AvgIpc) is 2.07. The Labute approximate surface area is 68.4 Å². The van der Waals surface area contributed by atoms with Gasteiger partial charge < -0.3 is 15.3 Å². The van der Waals surface area contributed by atoms with Gasteiger partial charge in [0.05, 0.1) is 12.1 Å². The van der Waals surface area contributed by atoms with E-state index in [9.17, 15) is 5.11 Å². The van der Waals surface area contributed by atoms with Crippen molar-refractivity contribution in [3.8, 4) is 0 Å². The molecule has 0 aromatic heterocycles. The molecule has 0 spiro atoms. The second-order valence-electron chi connectivity index (χ2n) is 2.55. The number of hydrogen-bond donors (Lipinski definition) is 3. The SMILES string of the molecule is [N-]=[N+]=N[C@@H]1C=C[C@@H](O)[C@@H](O)[C@H]1O. The van der Waals surface area contributed by atoms with Gasteiger partial charge in [-0.2, -0.15) is 0 Å². The molecular formula is C6H9N3O3. The molecule has 0 heterocycles. The number of aliphatic hydroxyl groups is 3. The van der Waals surface area contributed by atoms with E-state index in [1.807, 2.05) is 0 Å². The lowest BCUT2D eigenvalue weighted by Crippen LogP contribution is -2.45. The predicted octanol–water partition coefficient (Wildman–Crippen LogP) is -0.682. The maximum atomic E-state index is 9.21. The van der Waals surface area contributed by atoms with Crippen LogP contribution in [0.25, 0.3) is 10.4 Å². The molecule has 0 radical (unpaired) electrons. The topological polar surface area (TPSA) is 109 Å². The molecule has 0 unspecified atom stereocenters. The summed E-state index contributed by atoms with van der Waals surface area (Å²) in [4.78, 5) is 2.49. The molecule has 1 aliphatic rings. The molecule has 0 aliphatic heterocycles. The standard InChI is InChI=1S/C6H9N3O3/c7-9-8-3-1-2-4(10)6(12)5(3)11/h1-6,10-12H/t3-,4-,5+,6-/m1/s1. The van der Waals surface area contributed by atoms with Crippen molar-refractivity contribution in [2.24, 2.45) is 5.11 Å². The first-order valence-corrected chi connectivity index (χ1v) is 3.43. The first-order valence-electron chi connectivity index (χ1n) is 3.43. The van der Waals surface area contributed by atoms with Crippen molar-refractivity contribution in [2.45, 2.75) is 24.4 Å². The van der Waals surface area contributed by atoms with Crippen LogP contribution in [0.1, 0.15) is 0 Å². The Balaban J connectivity index is 2.80. The van der Waals surface area contributed by atoms with Gasteiger partial charge in [-0.1, -0.05) is 17.3 Å². The third-order valence-corrected chi connectivity index (χ3v) is 1.74. The number of nitrogens with zero attached hydrogens (tertiary/aromatic N) is 3. The van der Waals surface area contributed by atoms with Gasteiger partial charge in [-0.25, -0.2) is 0 Å². The highest BCUT2D eigenvalue weighted by Gasteiger charge is 2.31. The molecule has 0 saturated heterocycles. The molecule has 1 rings (SSSR count). The summed E-state index contributed by atoms with van der Waals surface area (Å²) in [7, 11) is 0. The number of aliphatic hydroxyl groups excluding tert-OH is 3. The molecule has 6 nitrogen and oxygen atoms in total. The Morgan fingerprint density at radius 1 is 1.17 bits per heavy atom. The van der Waals surface area contributed by atoms with E-state index in [1.54, 1.807) is 0 Å². The maximum Gasteiger partial charge on any atom is 0.110 e. The van der Waals surface area contributed by atoms with Crippen molar-refractivity contribution in [1.82, 2.24) is 0 Å². The van der Waals surface area contributed by atoms with Gasteiger partial charge in [0.15, 0.2) is 0 Å². The molecule has 3 N–H and O–H groups in total. The quantitative estimate of drug-likeness (QED) is 0.210. The van der Waals surface area contributed by atoms with E-state index in [4.69, 9.17) is 15.7 Å². The molecule has 1 aliphatic carbocycles. The van der Waals surface area contributed by atoms with Gasteiger partial charge in [0.1, 0.15) is 12.2 Å². The lowest BCUT2D eigenvalue weighted by molar-refractivity contribution is -0.0517. The monoisotopic (exact) mass is 171 g/mol. The van der Waals surface area contributed by atoms with Crippen LogP contribution in [0.15, 0.2) is 17.3 Å². The summed E-state index contributed by atoms with van der Waals surface area (Å²) in [5.41, 5.74) is 8.06. The molecule has 0 bridgehead atoms. The molecule has 12 heavy (non-hydrogen) atoms. The van der Waals surface area contributed by atoms with E-state index in [2.05, 4.69) is 10.0 Å². The molecular weight excluding hydrogens is 162 g/mol. The van der Waals surface area contributed by atoms with Gasteiger partial charge in [0.2, 0.25) is 0 Å². The van der Waals surface area contributed by atoms with Gasteiger partial charge in [-0.05, 0) is 5.53 Å². The third kappa shape index (κ3) is 1.57. The zero-order valence-electron chi connectivity index (χ0n) is 6.15. The van der Waals surface area contributed by atoms with Gasteiger partial charge in [-0.15, -0.1) is 0 Å². The Hall–Kier alpha value is -1.07. The fraction of sp³-hybridized carbons (Fsp3) is 0.667.